The summed E-state index contributed by atoms with van der Waals surface area (Å²) in [6.45, 7) is 0.588. The average molecular weight is 348 g/mol. The van der Waals surface area contributed by atoms with Crippen molar-refractivity contribution in [3.8, 4) is 11.1 Å². The number of carbonyl (C=O) groups is 2. The molecule has 4 nitrogen and oxygen atoms in total. The van der Waals surface area contributed by atoms with Crippen LogP contribution in [0.4, 0.5) is 13.2 Å². The summed E-state index contributed by atoms with van der Waals surface area (Å²) < 4.78 is 39.6. The fourth-order valence-electron chi connectivity index (χ4n) is 2.73. The first-order valence-electron chi connectivity index (χ1n) is 7.67. The molecule has 1 N–H and O–H groups in total. The lowest BCUT2D eigenvalue weighted by Crippen LogP contribution is -2.40. The van der Waals surface area contributed by atoms with Crippen LogP contribution in [0.3, 0.4) is 0 Å². The Labute approximate surface area is 142 Å². The molecule has 1 heterocycles. The van der Waals surface area contributed by atoms with Crippen molar-refractivity contribution in [1.29, 1.82) is 0 Å². The van der Waals surface area contributed by atoms with E-state index in [1.54, 1.807) is 11.9 Å². The second kappa shape index (κ2) is 6.58. The predicted octanol–water partition coefficient (Wildman–Crippen LogP) is 2.73. The van der Waals surface area contributed by atoms with Gasteiger partial charge in [-0.25, -0.2) is 13.2 Å². The smallest absolute Gasteiger partial charge is 0.251 e. The normalized spacial score (nSPS) is 17.0. The molecule has 7 heteroatoms. The zero-order valence-electron chi connectivity index (χ0n) is 13.4. The van der Waals surface area contributed by atoms with Gasteiger partial charge in [0, 0.05) is 19.2 Å². The Morgan fingerprint density at radius 2 is 1.68 bits per heavy atom. The molecular weight excluding hydrogens is 333 g/mol. The van der Waals surface area contributed by atoms with Gasteiger partial charge >= 0.3 is 0 Å². The number of benzene rings is 2. The predicted molar refractivity (Wildman–Crippen MR) is 85.3 cm³/mol. The van der Waals surface area contributed by atoms with E-state index >= 15 is 0 Å². The fraction of sp³-hybridized carbons (Fsp3) is 0.222. The van der Waals surface area contributed by atoms with Crippen LogP contribution in [0.1, 0.15) is 16.8 Å². The molecule has 0 saturated carbocycles. The van der Waals surface area contributed by atoms with Crippen molar-refractivity contribution in [2.75, 3.05) is 13.6 Å². The summed E-state index contributed by atoms with van der Waals surface area (Å²) in [4.78, 5) is 25.6. The van der Waals surface area contributed by atoms with Crippen molar-refractivity contribution < 1.29 is 22.8 Å². The van der Waals surface area contributed by atoms with Crippen molar-refractivity contribution in [3.63, 3.8) is 0 Å². The number of carbonyl (C=O) groups excluding carboxylic acids is 2. The average Bonchev–Trinajstić information content (AvgIpc) is 2.91. The van der Waals surface area contributed by atoms with Gasteiger partial charge in [-0.3, -0.25) is 9.59 Å². The standard InChI is InChI=1S/C18H15F3N2O2/c1-23-7-6-15(18(23)25)22-17(24)11-4-2-10(3-5-11)12-8-13(19)16(21)14(20)9-12/h2-5,8-9,15H,6-7H2,1H3,(H,22,24)/t15-/m1/s1. The molecule has 130 valence electrons. The summed E-state index contributed by atoms with van der Waals surface area (Å²) in [5, 5.41) is 2.66. The Balaban J connectivity index is 1.76. The maximum absolute atomic E-state index is 13.3. The summed E-state index contributed by atoms with van der Waals surface area (Å²) >= 11 is 0. The first-order valence-corrected chi connectivity index (χ1v) is 7.67. The molecule has 0 aliphatic carbocycles. The van der Waals surface area contributed by atoms with Crippen LogP contribution in [-0.2, 0) is 4.79 Å². The van der Waals surface area contributed by atoms with E-state index in [9.17, 15) is 22.8 Å². The van der Waals surface area contributed by atoms with Gasteiger partial charge in [0.05, 0.1) is 0 Å². The molecule has 1 atom stereocenters. The maximum Gasteiger partial charge on any atom is 0.251 e. The maximum atomic E-state index is 13.3. The summed E-state index contributed by atoms with van der Waals surface area (Å²) in [5.41, 5.74) is 0.913. The monoisotopic (exact) mass is 348 g/mol. The van der Waals surface area contributed by atoms with E-state index < -0.39 is 29.4 Å². The highest BCUT2D eigenvalue weighted by Crippen LogP contribution is 2.24. The van der Waals surface area contributed by atoms with E-state index in [2.05, 4.69) is 5.32 Å². The molecule has 0 unspecified atom stereocenters. The van der Waals surface area contributed by atoms with Crippen LogP contribution in [0, 0.1) is 17.5 Å². The van der Waals surface area contributed by atoms with Crippen molar-refractivity contribution >= 4 is 11.8 Å². The van der Waals surface area contributed by atoms with Crippen LogP contribution in [-0.4, -0.2) is 36.3 Å². The van der Waals surface area contributed by atoms with Gasteiger partial charge in [0.2, 0.25) is 5.91 Å². The summed E-state index contributed by atoms with van der Waals surface area (Å²) in [5.74, 6) is -4.62. The topological polar surface area (TPSA) is 49.4 Å². The Morgan fingerprint density at radius 3 is 2.20 bits per heavy atom. The second-order valence-corrected chi connectivity index (χ2v) is 5.91. The molecule has 2 amide bonds. The highest BCUT2D eigenvalue weighted by molar-refractivity contribution is 5.98. The molecule has 2 aromatic rings. The number of nitrogens with one attached hydrogen (secondary N) is 1. The van der Waals surface area contributed by atoms with Crippen molar-refractivity contribution in [2.45, 2.75) is 12.5 Å². The number of likely N-dealkylation sites (tertiary alicyclic amines) is 1. The number of rotatable bonds is 3. The minimum Gasteiger partial charge on any atom is -0.344 e. The zero-order chi connectivity index (χ0) is 18.1. The fourth-order valence-corrected chi connectivity index (χ4v) is 2.73. The first-order chi connectivity index (χ1) is 11.9. The summed E-state index contributed by atoms with van der Waals surface area (Å²) in [6, 6.07) is 7.20. The molecule has 1 saturated heterocycles. The number of amides is 2. The molecule has 0 radical (unpaired) electrons. The molecule has 1 aliphatic heterocycles. The van der Waals surface area contributed by atoms with Crippen LogP contribution in [0.15, 0.2) is 36.4 Å². The van der Waals surface area contributed by atoms with Gasteiger partial charge < -0.3 is 10.2 Å². The molecule has 0 aromatic heterocycles. The lowest BCUT2D eigenvalue weighted by molar-refractivity contribution is -0.128. The molecule has 2 aromatic carbocycles. The number of nitrogens with zero attached hydrogens (tertiary/aromatic N) is 1. The number of halogens is 3. The Hall–Kier alpha value is -2.83. The second-order valence-electron chi connectivity index (χ2n) is 5.91. The van der Waals surface area contributed by atoms with Crippen LogP contribution in [0.2, 0.25) is 0 Å². The molecule has 1 aliphatic rings. The SMILES string of the molecule is CN1CC[C@@H](NC(=O)c2ccc(-c3cc(F)c(F)c(F)c3)cc2)C1=O. The lowest BCUT2D eigenvalue weighted by atomic mass is 10.0. The minimum atomic E-state index is -1.52. The number of hydrogen-bond donors (Lipinski definition) is 1. The van der Waals surface area contributed by atoms with Gasteiger partial charge in [-0.15, -0.1) is 0 Å². The van der Waals surface area contributed by atoms with Crippen LogP contribution >= 0.6 is 0 Å². The van der Waals surface area contributed by atoms with E-state index in [0.29, 0.717) is 24.1 Å². The largest absolute Gasteiger partial charge is 0.344 e. The van der Waals surface area contributed by atoms with E-state index in [-0.39, 0.29) is 11.5 Å². The molecule has 25 heavy (non-hydrogen) atoms. The highest BCUT2D eigenvalue weighted by atomic mass is 19.2. The molecule has 1 fully saturated rings. The van der Waals surface area contributed by atoms with Gasteiger partial charge in [0.25, 0.3) is 5.91 Å². The van der Waals surface area contributed by atoms with Crippen molar-refractivity contribution in [1.82, 2.24) is 10.2 Å². The highest BCUT2D eigenvalue weighted by Gasteiger charge is 2.30. The van der Waals surface area contributed by atoms with Crippen LogP contribution in [0.5, 0.6) is 0 Å². The molecule has 0 spiro atoms. The van der Waals surface area contributed by atoms with E-state index in [0.717, 1.165) is 12.1 Å². The lowest BCUT2D eigenvalue weighted by Gasteiger charge is -2.12. The number of likely N-dealkylation sites (N-methyl/N-ethyl adjacent to an activating group) is 1. The van der Waals surface area contributed by atoms with Crippen LogP contribution in [0.25, 0.3) is 11.1 Å². The van der Waals surface area contributed by atoms with Crippen molar-refractivity contribution in [3.05, 3.63) is 59.4 Å². The van der Waals surface area contributed by atoms with Gasteiger partial charge in [0.1, 0.15) is 6.04 Å². The quantitative estimate of drug-likeness (QED) is 0.867. The van der Waals surface area contributed by atoms with Gasteiger partial charge in [-0.1, -0.05) is 12.1 Å². The Morgan fingerprint density at radius 1 is 1.08 bits per heavy atom. The number of hydrogen-bond acceptors (Lipinski definition) is 2. The van der Waals surface area contributed by atoms with Gasteiger partial charge in [-0.2, -0.15) is 0 Å². The summed E-state index contributed by atoms with van der Waals surface area (Å²) in [6.07, 6.45) is 0.549. The van der Waals surface area contributed by atoms with Gasteiger partial charge in [0.15, 0.2) is 17.5 Å². The first kappa shape index (κ1) is 17.0. The van der Waals surface area contributed by atoms with Crippen molar-refractivity contribution in [2.24, 2.45) is 0 Å². The Kier molecular flexibility index (Phi) is 4.48. The van der Waals surface area contributed by atoms with E-state index in [1.807, 2.05) is 0 Å². The van der Waals surface area contributed by atoms with Crippen LogP contribution < -0.4 is 5.32 Å². The zero-order valence-corrected chi connectivity index (χ0v) is 13.4. The van der Waals surface area contributed by atoms with E-state index in [4.69, 9.17) is 0 Å². The van der Waals surface area contributed by atoms with E-state index in [1.165, 1.54) is 24.3 Å². The molecule has 0 bridgehead atoms. The third-order valence-electron chi connectivity index (χ3n) is 4.20. The minimum absolute atomic E-state index is 0.137. The molecule has 3 rings (SSSR count). The third kappa shape index (κ3) is 3.35. The Bertz CT molecular complexity index is 814. The molecular formula is C18H15F3N2O2. The third-order valence-corrected chi connectivity index (χ3v) is 4.20. The van der Waals surface area contributed by atoms with Gasteiger partial charge in [-0.05, 0) is 41.8 Å². The summed E-state index contributed by atoms with van der Waals surface area (Å²) in [7, 11) is 1.67.